The fraction of sp³-hybridized carbons (Fsp3) is 0.278. The topological polar surface area (TPSA) is 41.1 Å². The predicted octanol–water partition coefficient (Wildman–Crippen LogP) is 3.14. The molecular weight excluding hydrogens is 260 g/mol. The Labute approximate surface area is 126 Å². The maximum Gasteiger partial charge on any atom is 0.221 e. The van der Waals surface area contributed by atoms with E-state index < -0.39 is 0 Å². The lowest BCUT2D eigenvalue weighted by atomic mass is 10.0. The van der Waals surface area contributed by atoms with E-state index in [1.165, 1.54) is 16.7 Å². The van der Waals surface area contributed by atoms with E-state index in [1.807, 2.05) is 18.2 Å². The van der Waals surface area contributed by atoms with Gasteiger partial charge >= 0.3 is 0 Å². The Balaban J connectivity index is 1.94. The molecule has 3 nitrogen and oxygen atoms in total. The van der Waals surface area contributed by atoms with E-state index in [2.05, 4.69) is 54.0 Å². The standard InChI is InChI=1S/C18H22N2O/c1-14(20-13-12-18(21)19-2)15-8-10-17(11-9-15)16-6-4-3-5-7-16/h3-11,14,20H,12-13H2,1-2H3,(H,19,21). The molecule has 0 fully saturated rings. The second kappa shape index (κ2) is 7.60. The number of hydrogen-bond donors (Lipinski definition) is 2. The van der Waals surface area contributed by atoms with Crippen LogP contribution < -0.4 is 10.6 Å². The maximum atomic E-state index is 11.2. The average molecular weight is 282 g/mol. The first-order valence-corrected chi connectivity index (χ1v) is 7.30. The highest BCUT2D eigenvalue weighted by atomic mass is 16.1. The van der Waals surface area contributed by atoms with Gasteiger partial charge in [-0.2, -0.15) is 0 Å². The smallest absolute Gasteiger partial charge is 0.221 e. The Morgan fingerprint density at radius 1 is 1.00 bits per heavy atom. The summed E-state index contributed by atoms with van der Waals surface area (Å²) in [6, 6.07) is 19.1. The molecule has 0 bridgehead atoms. The molecule has 0 aliphatic rings. The summed E-state index contributed by atoms with van der Waals surface area (Å²) in [4.78, 5) is 11.2. The van der Waals surface area contributed by atoms with E-state index in [0.29, 0.717) is 13.0 Å². The predicted molar refractivity (Wildman–Crippen MR) is 87.0 cm³/mol. The molecule has 0 heterocycles. The van der Waals surface area contributed by atoms with Gasteiger partial charge < -0.3 is 10.6 Å². The fourth-order valence-electron chi connectivity index (χ4n) is 2.24. The zero-order valence-corrected chi connectivity index (χ0v) is 12.6. The van der Waals surface area contributed by atoms with Gasteiger partial charge in [-0.25, -0.2) is 0 Å². The van der Waals surface area contributed by atoms with E-state index in [4.69, 9.17) is 0 Å². The molecule has 1 atom stereocenters. The zero-order chi connectivity index (χ0) is 15.1. The van der Waals surface area contributed by atoms with Crippen molar-refractivity contribution >= 4 is 5.91 Å². The molecule has 2 rings (SSSR count). The van der Waals surface area contributed by atoms with Gasteiger partial charge in [0.25, 0.3) is 0 Å². The SMILES string of the molecule is CNC(=O)CCNC(C)c1ccc(-c2ccccc2)cc1. The molecule has 0 spiro atoms. The Hall–Kier alpha value is -2.13. The molecule has 1 unspecified atom stereocenters. The molecule has 0 aliphatic carbocycles. The van der Waals surface area contributed by atoms with Crippen LogP contribution in [0, 0.1) is 0 Å². The van der Waals surface area contributed by atoms with E-state index in [1.54, 1.807) is 7.05 Å². The van der Waals surface area contributed by atoms with Crippen molar-refractivity contribution in [2.24, 2.45) is 0 Å². The molecular formula is C18H22N2O. The van der Waals surface area contributed by atoms with Crippen LogP contribution in [0.4, 0.5) is 0 Å². The molecule has 2 aromatic rings. The van der Waals surface area contributed by atoms with Crippen molar-refractivity contribution in [2.75, 3.05) is 13.6 Å². The van der Waals surface area contributed by atoms with E-state index in [0.717, 1.165) is 0 Å². The fourth-order valence-corrected chi connectivity index (χ4v) is 2.24. The van der Waals surface area contributed by atoms with Gasteiger partial charge in [-0.05, 0) is 23.6 Å². The normalized spacial score (nSPS) is 11.9. The van der Waals surface area contributed by atoms with E-state index in [9.17, 15) is 4.79 Å². The Kier molecular flexibility index (Phi) is 5.52. The summed E-state index contributed by atoms with van der Waals surface area (Å²) in [6.45, 7) is 2.79. The lowest BCUT2D eigenvalue weighted by Crippen LogP contribution is -2.26. The summed E-state index contributed by atoms with van der Waals surface area (Å²) >= 11 is 0. The molecule has 0 saturated carbocycles. The van der Waals surface area contributed by atoms with Crippen LogP contribution >= 0.6 is 0 Å². The summed E-state index contributed by atoms with van der Waals surface area (Å²) in [7, 11) is 1.66. The highest BCUT2D eigenvalue weighted by molar-refractivity contribution is 5.75. The van der Waals surface area contributed by atoms with Crippen molar-refractivity contribution in [3.05, 3.63) is 60.2 Å². The van der Waals surface area contributed by atoms with Crippen molar-refractivity contribution in [1.82, 2.24) is 10.6 Å². The monoisotopic (exact) mass is 282 g/mol. The van der Waals surface area contributed by atoms with Gasteiger partial charge in [0.1, 0.15) is 0 Å². The van der Waals surface area contributed by atoms with Crippen LogP contribution in [-0.2, 0) is 4.79 Å². The summed E-state index contributed by atoms with van der Waals surface area (Å²) in [5.74, 6) is 0.0640. The lowest BCUT2D eigenvalue weighted by Gasteiger charge is -2.14. The van der Waals surface area contributed by atoms with E-state index >= 15 is 0 Å². The molecule has 0 aromatic heterocycles. The van der Waals surface area contributed by atoms with Crippen LogP contribution in [0.2, 0.25) is 0 Å². The number of rotatable bonds is 6. The number of benzene rings is 2. The van der Waals surface area contributed by atoms with Gasteiger partial charge in [-0.1, -0.05) is 54.6 Å². The van der Waals surface area contributed by atoms with Crippen LogP contribution in [-0.4, -0.2) is 19.5 Å². The van der Waals surface area contributed by atoms with Gasteiger partial charge in [0.2, 0.25) is 5.91 Å². The highest BCUT2D eigenvalue weighted by Crippen LogP contribution is 2.21. The van der Waals surface area contributed by atoms with Crippen LogP contribution in [0.1, 0.15) is 24.9 Å². The minimum Gasteiger partial charge on any atom is -0.359 e. The molecule has 3 heteroatoms. The van der Waals surface area contributed by atoms with Crippen LogP contribution in [0.15, 0.2) is 54.6 Å². The molecule has 0 aliphatic heterocycles. The number of hydrogen-bond acceptors (Lipinski definition) is 2. The third-order valence-corrected chi connectivity index (χ3v) is 3.60. The maximum absolute atomic E-state index is 11.2. The van der Waals surface area contributed by atoms with E-state index in [-0.39, 0.29) is 11.9 Å². The average Bonchev–Trinajstić information content (AvgIpc) is 2.55. The summed E-state index contributed by atoms with van der Waals surface area (Å²) in [6.07, 6.45) is 0.503. The molecule has 1 amide bonds. The van der Waals surface area contributed by atoms with Crippen molar-refractivity contribution in [3.63, 3.8) is 0 Å². The van der Waals surface area contributed by atoms with Gasteiger partial charge in [-0.15, -0.1) is 0 Å². The second-order valence-corrected chi connectivity index (χ2v) is 5.09. The van der Waals surface area contributed by atoms with Gasteiger partial charge in [0, 0.05) is 26.1 Å². The lowest BCUT2D eigenvalue weighted by molar-refractivity contribution is -0.120. The number of carbonyl (C=O) groups excluding carboxylic acids is 1. The molecule has 0 saturated heterocycles. The Morgan fingerprint density at radius 2 is 1.62 bits per heavy atom. The zero-order valence-electron chi connectivity index (χ0n) is 12.6. The first kappa shape index (κ1) is 15.3. The van der Waals surface area contributed by atoms with Gasteiger partial charge in [0.15, 0.2) is 0 Å². The third-order valence-electron chi connectivity index (χ3n) is 3.60. The minimum absolute atomic E-state index is 0.0640. The highest BCUT2D eigenvalue weighted by Gasteiger charge is 2.06. The summed E-state index contributed by atoms with van der Waals surface area (Å²) in [5.41, 5.74) is 3.67. The van der Waals surface area contributed by atoms with Gasteiger partial charge in [-0.3, -0.25) is 4.79 Å². The van der Waals surface area contributed by atoms with Crippen molar-refractivity contribution < 1.29 is 4.79 Å². The quantitative estimate of drug-likeness (QED) is 0.854. The molecule has 0 radical (unpaired) electrons. The minimum atomic E-state index is 0.0640. The Bertz CT molecular complexity index is 564. The van der Waals surface area contributed by atoms with Crippen LogP contribution in [0.5, 0.6) is 0 Å². The van der Waals surface area contributed by atoms with Gasteiger partial charge in [0.05, 0.1) is 0 Å². The summed E-state index contributed by atoms with van der Waals surface area (Å²) in [5, 5.41) is 5.99. The third kappa shape index (κ3) is 4.43. The van der Waals surface area contributed by atoms with Crippen molar-refractivity contribution in [1.29, 1.82) is 0 Å². The first-order valence-electron chi connectivity index (χ1n) is 7.30. The van der Waals surface area contributed by atoms with Crippen LogP contribution in [0.25, 0.3) is 11.1 Å². The Morgan fingerprint density at radius 3 is 2.24 bits per heavy atom. The number of carbonyl (C=O) groups is 1. The number of nitrogens with one attached hydrogen (secondary N) is 2. The largest absolute Gasteiger partial charge is 0.359 e. The van der Waals surface area contributed by atoms with Crippen molar-refractivity contribution in [3.8, 4) is 11.1 Å². The molecule has 2 N–H and O–H groups in total. The molecule has 2 aromatic carbocycles. The van der Waals surface area contributed by atoms with Crippen molar-refractivity contribution in [2.45, 2.75) is 19.4 Å². The second-order valence-electron chi connectivity index (χ2n) is 5.09. The first-order chi connectivity index (χ1) is 10.2. The molecule has 110 valence electrons. The molecule has 21 heavy (non-hydrogen) atoms. The summed E-state index contributed by atoms with van der Waals surface area (Å²) < 4.78 is 0. The van der Waals surface area contributed by atoms with Crippen LogP contribution in [0.3, 0.4) is 0 Å². The number of amides is 1.